The number of carbonyl (C=O) groups excluding carboxylic acids is 1. The van der Waals surface area contributed by atoms with Gasteiger partial charge in [0, 0.05) is 18.7 Å². The van der Waals surface area contributed by atoms with Crippen LogP contribution >= 0.6 is 0 Å². The molecule has 0 bridgehead atoms. The van der Waals surface area contributed by atoms with Crippen LogP contribution in [0, 0.1) is 11.6 Å². The lowest BCUT2D eigenvalue weighted by molar-refractivity contribution is -0.121. The molecule has 3 aromatic carbocycles. The average molecular weight is 418 g/mol. The number of hydrogen-bond donors (Lipinski definition) is 1. The van der Waals surface area contributed by atoms with E-state index in [0.717, 1.165) is 27.2 Å². The molecule has 1 amide bonds. The van der Waals surface area contributed by atoms with Gasteiger partial charge < -0.3 is 5.32 Å². The fourth-order valence-electron chi connectivity index (χ4n) is 3.01. The molecule has 0 radical (unpaired) electrons. The highest BCUT2D eigenvalue weighted by atomic mass is 32.2. The Morgan fingerprint density at radius 1 is 1.03 bits per heavy atom. The molecular weight excluding hydrogens is 398 g/mol. The van der Waals surface area contributed by atoms with E-state index >= 15 is 0 Å². The molecule has 0 aliphatic heterocycles. The molecule has 1 N–H and O–H groups in total. The van der Waals surface area contributed by atoms with Gasteiger partial charge in [0.05, 0.1) is 17.5 Å². The fraction of sp³-hybridized carbons (Fsp3) is 0.190. The Hall–Kier alpha value is -2.84. The lowest BCUT2D eigenvalue weighted by Gasteiger charge is -2.20. The normalized spacial score (nSPS) is 12.9. The predicted octanol–water partition coefficient (Wildman–Crippen LogP) is 3.62. The summed E-state index contributed by atoms with van der Waals surface area (Å²) < 4.78 is 53.4. The summed E-state index contributed by atoms with van der Waals surface area (Å²) >= 11 is 0. The standard InChI is InChI=1S/C21H20F2N2O3S/c1-14(19-10-8-17(22)12-20(19)23)24-21(26)13-25(2)29(27,28)18-9-7-15-5-3-4-6-16(15)11-18/h3-12,14H,13H2,1-2H3,(H,24,26)/t14-/m1/s1. The molecule has 0 fully saturated rings. The topological polar surface area (TPSA) is 66.5 Å². The van der Waals surface area contributed by atoms with Crippen LogP contribution in [0.2, 0.25) is 0 Å². The number of hydrogen-bond acceptors (Lipinski definition) is 3. The van der Waals surface area contributed by atoms with E-state index in [1.165, 1.54) is 26.1 Å². The molecule has 1 atom stereocenters. The molecule has 29 heavy (non-hydrogen) atoms. The molecule has 0 heterocycles. The SMILES string of the molecule is C[C@@H](NC(=O)CN(C)S(=O)(=O)c1ccc2ccccc2c1)c1ccc(F)cc1F. The minimum Gasteiger partial charge on any atom is -0.348 e. The molecule has 0 saturated heterocycles. The van der Waals surface area contributed by atoms with Gasteiger partial charge in [-0.1, -0.05) is 36.4 Å². The minimum atomic E-state index is -3.89. The Balaban J connectivity index is 1.72. The van der Waals surface area contributed by atoms with Crippen LogP contribution in [-0.2, 0) is 14.8 Å². The summed E-state index contributed by atoms with van der Waals surface area (Å²) in [4.78, 5) is 12.4. The second kappa shape index (κ2) is 8.26. The van der Waals surface area contributed by atoms with Crippen molar-refractivity contribution in [2.75, 3.05) is 13.6 Å². The third-order valence-corrected chi connectivity index (χ3v) is 6.40. The molecule has 0 aliphatic rings. The number of benzene rings is 3. The van der Waals surface area contributed by atoms with E-state index in [-0.39, 0.29) is 10.5 Å². The zero-order valence-electron chi connectivity index (χ0n) is 15.9. The van der Waals surface area contributed by atoms with Gasteiger partial charge in [-0.2, -0.15) is 4.31 Å². The van der Waals surface area contributed by atoms with Crippen molar-refractivity contribution in [2.24, 2.45) is 0 Å². The first kappa shape index (κ1) is 20.9. The molecular formula is C21H20F2N2O3S. The van der Waals surface area contributed by atoms with Crippen LogP contribution in [-0.4, -0.2) is 32.2 Å². The number of halogens is 2. The highest BCUT2D eigenvalue weighted by molar-refractivity contribution is 7.89. The van der Waals surface area contributed by atoms with Gasteiger partial charge in [0.15, 0.2) is 0 Å². The zero-order valence-corrected chi connectivity index (χ0v) is 16.7. The lowest BCUT2D eigenvalue weighted by Crippen LogP contribution is -2.39. The van der Waals surface area contributed by atoms with Crippen molar-refractivity contribution in [3.05, 3.63) is 77.9 Å². The number of nitrogens with one attached hydrogen (secondary N) is 1. The summed E-state index contributed by atoms with van der Waals surface area (Å²) in [6.07, 6.45) is 0. The summed E-state index contributed by atoms with van der Waals surface area (Å²) in [7, 11) is -2.59. The smallest absolute Gasteiger partial charge is 0.243 e. The fourth-order valence-corrected chi connectivity index (χ4v) is 4.18. The molecule has 3 aromatic rings. The maximum Gasteiger partial charge on any atom is 0.243 e. The average Bonchev–Trinajstić information content (AvgIpc) is 2.67. The molecule has 3 rings (SSSR count). The quantitative estimate of drug-likeness (QED) is 0.665. The number of amides is 1. The van der Waals surface area contributed by atoms with E-state index in [0.29, 0.717) is 0 Å². The Labute approximate surface area is 168 Å². The van der Waals surface area contributed by atoms with Crippen molar-refractivity contribution >= 4 is 26.7 Å². The Morgan fingerprint density at radius 3 is 2.41 bits per heavy atom. The van der Waals surface area contributed by atoms with Crippen LogP contribution in [0.25, 0.3) is 10.8 Å². The maximum absolute atomic E-state index is 13.9. The van der Waals surface area contributed by atoms with Gasteiger partial charge in [-0.15, -0.1) is 0 Å². The Bertz CT molecular complexity index is 1170. The van der Waals surface area contributed by atoms with E-state index in [1.807, 2.05) is 18.2 Å². The second-order valence-electron chi connectivity index (χ2n) is 6.73. The number of likely N-dealkylation sites (N-methyl/N-ethyl adjacent to an activating group) is 1. The van der Waals surface area contributed by atoms with Crippen LogP contribution in [0.15, 0.2) is 65.6 Å². The first-order chi connectivity index (χ1) is 13.7. The van der Waals surface area contributed by atoms with Crippen molar-refractivity contribution in [1.29, 1.82) is 0 Å². The number of sulfonamides is 1. The number of nitrogens with zero attached hydrogens (tertiary/aromatic N) is 1. The zero-order chi connectivity index (χ0) is 21.2. The van der Waals surface area contributed by atoms with Crippen LogP contribution in [0.5, 0.6) is 0 Å². The van der Waals surface area contributed by atoms with E-state index in [2.05, 4.69) is 5.32 Å². The molecule has 0 aliphatic carbocycles. The molecule has 0 spiro atoms. The van der Waals surface area contributed by atoms with Gasteiger partial charge in [-0.05, 0) is 35.9 Å². The molecule has 8 heteroatoms. The monoisotopic (exact) mass is 418 g/mol. The van der Waals surface area contributed by atoms with Crippen molar-refractivity contribution in [1.82, 2.24) is 9.62 Å². The summed E-state index contributed by atoms with van der Waals surface area (Å²) in [6.45, 7) is 1.09. The molecule has 0 unspecified atom stereocenters. The van der Waals surface area contributed by atoms with Crippen molar-refractivity contribution in [3.8, 4) is 0 Å². The van der Waals surface area contributed by atoms with Crippen molar-refractivity contribution in [3.63, 3.8) is 0 Å². The van der Waals surface area contributed by atoms with E-state index in [1.54, 1.807) is 18.2 Å². The predicted molar refractivity (Wildman–Crippen MR) is 107 cm³/mol. The van der Waals surface area contributed by atoms with Crippen molar-refractivity contribution in [2.45, 2.75) is 17.9 Å². The van der Waals surface area contributed by atoms with Gasteiger partial charge in [-0.25, -0.2) is 17.2 Å². The molecule has 5 nitrogen and oxygen atoms in total. The van der Waals surface area contributed by atoms with E-state index in [9.17, 15) is 22.0 Å². The second-order valence-corrected chi connectivity index (χ2v) is 8.77. The van der Waals surface area contributed by atoms with Gasteiger partial charge in [0.1, 0.15) is 11.6 Å². The number of rotatable bonds is 6. The van der Waals surface area contributed by atoms with Gasteiger partial charge in [-0.3, -0.25) is 4.79 Å². The van der Waals surface area contributed by atoms with Crippen molar-refractivity contribution < 1.29 is 22.0 Å². The number of carbonyl (C=O) groups is 1. The summed E-state index contributed by atoms with van der Waals surface area (Å²) in [6, 6.07) is 14.4. The van der Waals surface area contributed by atoms with E-state index in [4.69, 9.17) is 0 Å². The van der Waals surface area contributed by atoms with Crippen LogP contribution < -0.4 is 5.32 Å². The largest absolute Gasteiger partial charge is 0.348 e. The molecule has 152 valence electrons. The van der Waals surface area contributed by atoms with Gasteiger partial charge >= 0.3 is 0 Å². The summed E-state index contributed by atoms with van der Waals surface area (Å²) in [5.41, 5.74) is 0.111. The minimum absolute atomic E-state index is 0.0733. The molecule has 0 saturated carbocycles. The van der Waals surface area contributed by atoms with Crippen LogP contribution in [0.1, 0.15) is 18.5 Å². The summed E-state index contributed by atoms with van der Waals surface area (Å²) in [5.74, 6) is -2.10. The first-order valence-corrected chi connectivity index (χ1v) is 10.3. The first-order valence-electron chi connectivity index (χ1n) is 8.88. The number of fused-ring (bicyclic) bond motifs is 1. The Kier molecular flexibility index (Phi) is 5.95. The highest BCUT2D eigenvalue weighted by Gasteiger charge is 2.24. The van der Waals surface area contributed by atoms with Crippen LogP contribution in [0.3, 0.4) is 0 Å². The van der Waals surface area contributed by atoms with E-state index < -0.39 is 40.2 Å². The maximum atomic E-state index is 13.9. The lowest BCUT2D eigenvalue weighted by atomic mass is 10.1. The van der Waals surface area contributed by atoms with Crippen LogP contribution in [0.4, 0.5) is 8.78 Å². The van der Waals surface area contributed by atoms with Gasteiger partial charge in [0.2, 0.25) is 15.9 Å². The van der Waals surface area contributed by atoms with Gasteiger partial charge in [0.25, 0.3) is 0 Å². The highest BCUT2D eigenvalue weighted by Crippen LogP contribution is 2.22. The third-order valence-electron chi connectivity index (χ3n) is 4.60. The summed E-state index contributed by atoms with van der Waals surface area (Å²) in [5, 5.41) is 4.21. The Morgan fingerprint density at radius 2 is 1.72 bits per heavy atom. The molecule has 0 aromatic heterocycles. The third kappa shape index (κ3) is 4.60.